The van der Waals surface area contributed by atoms with Gasteiger partial charge in [0.25, 0.3) is 5.91 Å². The molecule has 3 amide bonds. The highest BCUT2D eigenvalue weighted by atomic mass is 16.2. The zero-order valence-electron chi connectivity index (χ0n) is 20.7. The third-order valence-corrected chi connectivity index (χ3v) is 6.87. The molecule has 4 rings (SSSR count). The molecular formula is C24H36N8O2. The SMILES string of the molecule is CCN(CC)CC1CCCCN1CCNC(=O)N1c2ncccc2NC(=O)c2c1c(C)nn2C. The van der Waals surface area contributed by atoms with Gasteiger partial charge in [-0.3, -0.25) is 14.4 Å². The number of fused-ring (bicyclic) bond motifs is 2. The van der Waals surface area contributed by atoms with Gasteiger partial charge in [-0.1, -0.05) is 20.3 Å². The zero-order chi connectivity index (χ0) is 24.2. The van der Waals surface area contributed by atoms with Crippen LogP contribution >= 0.6 is 0 Å². The molecule has 34 heavy (non-hydrogen) atoms. The molecule has 0 bridgehead atoms. The molecule has 1 unspecified atom stereocenters. The summed E-state index contributed by atoms with van der Waals surface area (Å²) in [6.07, 6.45) is 5.26. The standard InChI is InChI=1S/C24H36N8O2/c1-5-30(6-2)16-18-10-7-8-14-31(18)15-13-26-24(34)32-20-17(3)28-29(4)21(20)23(33)27-19-11-9-12-25-22(19)32/h9,11-12,18H,5-8,10,13-16H2,1-4H3,(H,26,34)(H,27,33). The van der Waals surface area contributed by atoms with Crippen LogP contribution in [0.3, 0.4) is 0 Å². The summed E-state index contributed by atoms with van der Waals surface area (Å²) in [5.41, 5.74) is 1.89. The number of amides is 3. The van der Waals surface area contributed by atoms with Crippen LogP contribution in [0.4, 0.5) is 22.0 Å². The number of carbonyl (C=O) groups excluding carboxylic acids is 2. The van der Waals surface area contributed by atoms with Crippen molar-refractivity contribution in [3.8, 4) is 0 Å². The maximum Gasteiger partial charge on any atom is 0.327 e. The highest BCUT2D eigenvalue weighted by Gasteiger charge is 2.35. The van der Waals surface area contributed by atoms with Crippen LogP contribution in [-0.4, -0.2) is 81.8 Å². The lowest BCUT2D eigenvalue weighted by molar-refractivity contribution is 0.101. The van der Waals surface area contributed by atoms with Gasteiger partial charge in [0.1, 0.15) is 5.69 Å². The fraction of sp³-hybridized carbons (Fsp3) is 0.583. The predicted octanol–water partition coefficient (Wildman–Crippen LogP) is 2.73. The first-order chi connectivity index (χ1) is 16.4. The molecule has 0 aliphatic carbocycles. The van der Waals surface area contributed by atoms with Gasteiger partial charge in [0.2, 0.25) is 0 Å². The summed E-state index contributed by atoms with van der Waals surface area (Å²) in [6, 6.07) is 3.69. The van der Waals surface area contributed by atoms with Gasteiger partial charge in [-0.15, -0.1) is 0 Å². The highest BCUT2D eigenvalue weighted by molar-refractivity contribution is 6.16. The second kappa shape index (κ2) is 10.5. The summed E-state index contributed by atoms with van der Waals surface area (Å²) in [4.78, 5) is 37.3. The normalized spacial score (nSPS) is 18.3. The van der Waals surface area contributed by atoms with E-state index in [1.165, 1.54) is 28.8 Å². The van der Waals surface area contributed by atoms with Gasteiger partial charge in [0, 0.05) is 38.9 Å². The third kappa shape index (κ3) is 4.78. The van der Waals surface area contributed by atoms with Gasteiger partial charge >= 0.3 is 6.03 Å². The van der Waals surface area contributed by atoms with E-state index in [0.717, 1.165) is 32.7 Å². The monoisotopic (exact) mass is 468 g/mol. The number of likely N-dealkylation sites (tertiary alicyclic amines) is 1. The summed E-state index contributed by atoms with van der Waals surface area (Å²) < 4.78 is 1.51. The van der Waals surface area contributed by atoms with Crippen LogP contribution in [0.2, 0.25) is 0 Å². The number of anilines is 3. The van der Waals surface area contributed by atoms with Crippen molar-refractivity contribution in [1.82, 2.24) is 29.9 Å². The first kappa shape index (κ1) is 24.2. The fourth-order valence-corrected chi connectivity index (χ4v) is 5.05. The number of urea groups is 1. The van der Waals surface area contributed by atoms with Crippen LogP contribution in [-0.2, 0) is 7.05 Å². The van der Waals surface area contributed by atoms with Gasteiger partial charge in [0.05, 0.1) is 11.4 Å². The van der Waals surface area contributed by atoms with E-state index in [9.17, 15) is 9.59 Å². The van der Waals surface area contributed by atoms with Crippen molar-refractivity contribution < 1.29 is 9.59 Å². The Morgan fingerprint density at radius 2 is 2.09 bits per heavy atom. The van der Waals surface area contributed by atoms with Crippen molar-refractivity contribution in [3.63, 3.8) is 0 Å². The van der Waals surface area contributed by atoms with Crippen LogP contribution in [0.5, 0.6) is 0 Å². The van der Waals surface area contributed by atoms with Crippen LogP contribution in [0.15, 0.2) is 18.3 Å². The molecule has 4 heterocycles. The molecular weight excluding hydrogens is 432 g/mol. The Balaban J connectivity index is 1.51. The Morgan fingerprint density at radius 1 is 1.29 bits per heavy atom. The van der Waals surface area contributed by atoms with Crippen LogP contribution in [0.25, 0.3) is 0 Å². The second-order valence-corrected chi connectivity index (χ2v) is 8.97. The summed E-state index contributed by atoms with van der Waals surface area (Å²) in [5.74, 6) is 0.0794. The molecule has 184 valence electrons. The molecule has 0 saturated carbocycles. The average Bonchev–Trinajstić information content (AvgIpc) is 3.04. The van der Waals surface area contributed by atoms with Crippen molar-refractivity contribution in [3.05, 3.63) is 29.7 Å². The van der Waals surface area contributed by atoms with Gasteiger partial charge in [-0.25, -0.2) is 14.7 Å². The van der Waals surface area contributed by atoms with Gasteiger partial charge < -0.3 is 15.5 Å². The minimum Gasteiger partial charge on any atom is -0.336 e. The first-order valence-corrected chi connectivity index (χ1v) is 12.3. The Labute approximate surface area is 201 Å². The Kier molecular flexibility index (Phi) is 7.47. The van der Waals surface area contributed by atoms with Crippen molar-refractivity contribution in [1.29, 1.82) is 0 Å². The largest absolute Gasteiger partial charge is 0.336 e. The lowest BCUT2D eigenvalue weighted by atomic mass is 10.0. The van der Waals surface area contributed by atoms with Crippen LogP contribution in [0.1, 0.15) is 49.3 Å². The molecule has 0 spiro atoms. The lowest BCUT2D eigenvalue weighted by Gasteiger charge is -2.38. The Bertz CT molecular complexity index is 1030. The zero-order valence-corrected chi connectivity index (χ0v) is 20.7. The van der Waals surface area contributed by atoms with E-state index in [1.807, 2.05) is 0 Å². The van der Waals surface area contributed by atoms with Gasteiger partial charge in [-0.2, -0.15) is 5.10 Å². The smallest absolute Gasteiger partial charge is 0.327 e. The minimum atomic E-state index is -0.314. The summed E-state index contributed by atoms with van der Waals surface area (Å²) in [6.45, 7) is 11.7. The molecule has 1 fully saturated rings. The van der Waals surface area contributed by atoms with Gasteiger partial charge in [0.15, 0.2) is 11.5 Å². The summed E-state index contributed by atoms with van der Waals surface area (Å²) in [7, 11) is 1.71. The van der Waals surface area contributed by atoms with E-state index < -0.39 is 0 Å². The molecule has 1 saturated heterocycles. The number of carbonyl (C=O) groups is 2. The number of nitrogens with zero attached hydrogens (tertiary/aromatic N) is 6. The predicted molar refractivity (Wildman–Crippen MR) is 133 cm³/mol. The van der Waals surface area contributed by atoms with Crippen molar-refractivity contribution in [2.75, 3.05) is 49.5 Å². The van der Waals surface area contributed by atoms with E-state index in [2.05, 4.69) is 44.4 Å². The molecule has 10 heteroatoms. The molecule has 0 radical (unpaired) electrons. The lowest BCUT2D eigenvalue weighted by Crippen LogP contribution is -2.50. The number of rotatable bonds is 7. The van der Waals surface area contributed by atoms with Gasteiger partial charge in [-0.05, 0) is 51.5 Å². The Hall–Kier alpha value is -2.98. The van der Waals surface area contributed by atoms with E-state index in [4.69, 9.17) is 0 Å². The van der Waals surface area contributed by atoms with E-state index in [0.29, 0.717) is 41.2 Å². The summed E-state index contributed by atoms with van der Waals surface area (Å²) in [5, 5.41) is 10.3. The topological polar surface area (TPSA) is 98.6 Å². The second-order valence-electron chi connectivity index (χ2n) is 8.97. The quantitative estimate of drug-likeness (QED) is 0.648. The number of hydrogen-bond donors (Lipinski definition) is 2. The number of aryl methyl sites for hydroxylation is 2. The van der Waals surface area contributed by atoms with Crippen LogP contribution < -0.4 is 15.5 Å². The first-order valence-electron chi connectivity index (χ1n) is 12.3. The van der Waals surface area contributed by atoms with Crippen molar-refractivity contribution >= 4 is 29.1 Å². The van der Waals surface area contributed by atoms with E-state index in [-0.39, 0.29) is 11.9 Å². The van der Waals surface area contributed by atoms with E-state index >= 15 is 0 Å². The molecule has 2 aliphatic heterocycles. The van der Waals surface area contributed by atoms with E-state index in [1.54, 1.807) is 32.3 Å². The number of aromatic nitrogens is 3. The number of piperidine rings is 1. The third-order valence-electron chi connectivity index (χ3n) is 6.87. The highest BCUT2D eigenvalue weighted by Crippen LogP contribution is 2.37. The Morgan fingerprint density at radius 3 is 2.85 bits per heavy atom. The number of likely N-dealkylation sites (N-methyl/N-ethyl adjacent to an activating group) is 1. The number of hydrogen-bond acceptors (Lipinski definition) is 6. The van der Waals surface area contributed by atoms with Crippen LogP contribution in [0, 0.1) is 6.92 Å². The molecule has 2 aliphatic rings. The maximum absolute atomic E-state index is 13.5. The molecule has 2 N–H and O–H groups in total. The average molecular weight is 469 g/mol. The molecule has 1 atom stereocenters. The van der Waals surface area contributed by atoms with Crippen molar-refractivity contribution in [2.24, 2.45) is 7.05 Å². The fourth-order valence-electron chi connectivity index (χ4n) is 5.05. The molecule has 2 aromatic rings. The number of pyridine rings is 1. The van der Waals surface area contributed by atoms with Crippen molar-refractivity contribution in [2.45, 2.75) is 46.1 Å². The summed E-state index contributed by atoms with van der Waals surface area (Å²) >= 11 is 0. The maximum atomic E-state index is 13.5. The number of nitrogens with one attached hydrogen (secondary N) is 2. The molecule has 0 aromatic carbocycles. The molecule has 10 nitrogen and oxygen atoms in total. The molecule has 2 aromatic heterocycles. The minimum absolute atomic E-state index is 0.310.